The highest BCUT2D eigenvalue weighted by Gasteiger charge is 2.14. The predicted octanol–water partition coefficient (Wildman–Crippen LogP) is 1.42. The van der Waals surface area contributed by atoms with Gasteiger partial charge in [0, 0.05) is 12.6 Å². The number of carbonyl (C=O) groups excluding carboxylic acids is 1. The van der Waals surface area contributed by atoms with Crippen LogP contribution in [0.4, 0.5) is 0 Å². The highest BCUT2D eigenvalue weighted by atomic mass is 16.5. The SMILES string of the molecule is C[C@H](NC(=O)CCOC1CCNCC1)c1ccccn1. The van der Waals surface area contributed by atoms with Crippen LogP contribution in [0.3, 0.4) is 0 Å². The van der Waals surface area contributed by atoms with Crippen molar-refractivity contribution in [3.05, 3.63) is 30.1 Å². The molecule has 20 heavy (non-hydrogen) atoms. The first kappa shape index (κ1) is 14.9. The lowest BCUT2D eigenvalue weighted by atomic mass is 10.1. The standard InChI is InChI=1S/C15H23N3O2/c1-12(14-4-2-3-8-17-14)18-15(19)7-11-20-13-5-9-16-10-6-13/h2-4,8,12-13,16H,5-7,9-11H2,1H3,(H,18,19)/t12-/m0/s1. The topological polar surface area (TPSA) is 63.2 Å². The van der Waals surface area contributed by atoms with E-state index in [0.29, 0.717) is 19.1 Å². The van der Waals surface area contributed by atoms with Crippen LogP contribution in [-0.4, -0.2) is 36.7 Å². The molecule has 1 aliphatic heterocycles. The molecule has 2 heterocycles. The maximum absolute atomic E-state index is 11.8. The van der Waals surface area contributed by atoms with Crippen molar-refractivity contribution in [1.29, 1.82) is 0 Å². The minimum absolute atomic E-state index is 0.0112. The Morgan fingerprint density at radius 1 is 1.50 bits per heavy atom. The van der Waals surface area contributed by atoms with E-state index in [2.05, 4.69) is 15.6 Å². The summed E-state index contributed by atoms with van der Waals surface area (Å²) >= 11 is 0. The van der Waals surface area contributed by atoms with Crippen molar-refractivity contribution in [1.82, 2.24) is 15.6 Å². The molecule has 1 saturated heterocycles. The zero-order valence-corrected chi connectivity index (χ0v) is 12.0. The van der Waals surface area contributed by atoms with Gasteiger partial charge in [-0.05, 0) is 45.0 Å². The highest BCUT2D eigenvalue weighted by Crippen LogP contribution is 2.09. The molecule has 0 bridgehead atoms. The summed E-state index contributed by atoms with van der Waals surface area (Å²) in [6.45, 7) is 4.44. The second-order valence-corrected chi connectivity index (χ2v) is 5.11. The Morgan fingerprint density at radius 3 is 3.00 bits per heavy atom. The summed E-state index contributed by atoms with van der Waals surface area (Å²) in [5.41, 5.74) is 0.875. The molecule has 1 aliphatic rings. The Morgan fingerprint density at radius 2 is 2.30 bits per heavy atom. The molecule has 0 spiro atoms. The molecule has 2 rings (SSSR count). The number of amides is 1. The number of pyridine rings is 1. The third kappa shape index (κ3) is 4.90. The van der Waals surface area contributed by atoms with Gasteiger partial charge in [0.2, 0.25) is 5.91 Å². The lowest BCUT2D eigenvalue weighted by Crippen LogP contribution is -2.33. The Balaban J connectivity index is 1.65. The second kappa shape index (κ2) is 7.97. The molecule has 0 aliphatic carbocycles. The molecule has 5 nitrogen and oxygen atoms in total. The number of hydrogen-bond acceptors (Lipinski definition) is 4. The predicted molar refractivity (Wildman–Crippen MR) is 77.3 cm³/mol. The molecular formula is C15H23N3O2. The number of nitrogens with one attached hydrogen (secondary N) is 2. The van der Waals surface area contributed by atoms with Gasteiger partial charge in [0.05, 0.1) is 24.4 Å². The largest absolute Gasteiger partial charge is 0.378 e. The number of nitrogens with zero attached hydrogens (tertiary/aromatic N) is 1. The van der Waals surface area contributed by atoms with E-state index in [1.807, 2.05) is 25.1 Å². The smallest absolute Gasteiger partial charge is 0.222 e. The van der Waals surface area contributed by atoms with E-state index in [-0.39, 0.29) is 11.9 Å². The van der Waals surface area contributed by atoms with Crippen LogP contribution in [0.2, 0.25) is 0 Å². The quantitative estimate of drug-likeness (QED) is 0.825. The third-order valence-corrected chi connectivity index (χ3v) is 3.48. The lowest BCUT2D eigenvalue weighted by molar-refractivity contribution is -0.123. The number of aromatic nitrogens is 1. The zero-order chi connectivity index (χ0) is 14.2. The van der Waals surface area contributed by atoms with Crippen LogP contribution in [0.1, 0.15) is 37.9 Å². The maximum atomic E-state index is 11.8. The first-order valence-electron chi connectivity index (χ1n) is 7.28. The molecule has 0 saturated carbocycles. The fourth-order valence-corrected chi connectivity index (χ4v) is 2.30. The molecule has 1 aromatic heterocycles. The van der Waals surface area contributed by atoms with Crippen LogP contribution in [0.15, 0.2) is 24.4 Å². The number of piperidine rings is 1. The Kier molecular flexibility index (Phi) is 5.95. The van der Waals surface area contributed by atoms with E-state index in [1.165, 1.54) is 0 Å². The molecule has 2 N–H and O–H groups in total. The van der Waals surface area contributed by atoms with Crippen molar-refractivity contribution in [2.45, 2.75) is 38.3 Å². The molecular weight excluding hydrogens is 254 g/mol. The van der Waals surface area contributed by atoms with Crippen LogP contribution in [0, 0.1) is 0 Å². The van der Waals surface area contributed by atoms with Crippen LogP contribution in [-0.2, 0) is 9.53 Å². The van der Waals surface area contributed by atoms with Gasteiger partial charge in [-0.25, -0.2) is 0 Å². The van der Waals surface area contributed by atoms with Crippen molar-refractivity contribution in [2.24, 2.45) is 0 Å². The van der Waals surface area contributed by atoms with Crippen molar-refractivity contribution in [3.8, 4) is 0 Å². The van der Waals surface area contributed by atoms with Gasteiger partial charge < -0.3 is 15.4 Å². The molecule has 1 aromatic rings. The number of hydrogen-bond donors (Lipinski definition) is 2. The van der Waals surface area contributed by atoms with E-state index >= 15 is 0 Å². The minimum atomic E-state index is -0.0671. The third-order valence-electron chi connectivity index (χ3n) is 3.48. The van der Waals surface area contributed by atoms with Crippen LogP contribution >= 0.6 is 0 Å². The Bertz CT molecular complexity index is 405. The van der Waals surface area contributed by atoms with E-state index in [1.54, 1.807) is 6.20 Å². The zero-order valence-electron chi connectivity index (χ0n) is 12.0. The Labute approximate surface area is 120 Å². The summed E-state index contributed by atoms with van der Waals surface area (Å²) in [7, 11) is 0. The van der Waals surface area contributed by atoms with Gasteiger partial charge in [-0.1, -0.05) is 6.07 Å². The highest BCUT2D eigenvalue weighted by molar-refractivity contribution is 5.76. The molecule has 1 fully saturated rings. The van der Waals surface area contributed by atoms with Gasteiger partial charge >= 0.3 is 0 Å². The monoisotopic (exact) mass is 277 g/mol. The summed E-state index contributed by atoms with van der Waals surface area (Å²) in [5, 5.41) is 6.23. The van der Waals surface area contributed by atoms with Crippen LogP contribution in [0.25, 0.3) is 0 Å². The number of carbonyl (C=O) groups is 1. The number of rotatable bonds is 6. The molecule has 0 radical (unpaired) electrons. The van der Waals surface area contributed by atoms with E-state index < -0.39 is 0 Å². The average Bonchev–Trinajstić information content (AvgIpc) is 2.49. The van der Waals surface area contributed by atoms with Gasteiger partial charge in [0.1, 0.15) is 0 Å². The normalized spacial score (nSPS) is 17.6. The van der Waals surface area contributed by atoms with Gasteiger partial charge in [0.15, 0.2) is 0 Å². The van der Waals surface area contributed by atoms with Gasteiger partial charge in [-0.15, -0.1) is 0 Å². The van der Waals surface area contributed by atoms with E-state index in [9.17, 15) is 4.79 Å². The van der Waals surface area contributed by atoms with Crippen molar-refractivity contribution >= 4 is 5.91 Å². The fourth-order valence-electron chi connectivity index (χ4n) is 2.30. The first-order chi connectivity index (χ1) is 9.75. The van der Waals surface area contributed by atoms with E-state index in [4.69, 9.17) is 4.74 Å². The summed E-state index contributed by atoms with van der Waals surface area (Å²) in [6, 6.07) is 5.63. The Hall–Kier alpha value is -1.46. The van der Waals surface area contributed by atoms with E-state index in [0.717, 1.165) is 31.6 Å². The molecule has 1 amide bonds. The molecule has 0 unspecified atom stereocenters. The van der Waals surface area contributed by atoms with Crippen molar-refractivity contribution in [2.75, 3.05) is 19.7 Å². The van der Waals surface area contributed by atoms with Crippen LogP contribution < -0.4 is 10.6 Å². The minimum Gasteiger partial charge on any atom is -0.378 e. The van der Waals surface area contributed by atoms with Gasteiger partial charge in [0.25, 0.3) is 0 Å². The van der Waals surface area contributed by atoms with Gasteiger partial charge in [-0.2, -0.15) is 0 Å². The van der Waals surface area contributed by atoms with Gasteiger partial charge in [-0.3, -0.25) is 9.78 Å². The summed E-state index contributed by atoms with van der Waals surface area (Å²) in [4.78, 5) is 16.1. The summed E-state index contributed by atoms with van der Waals surface area (Å²) < 4.78 is 5.72. The summed E-state index contributed by atoms with van der Waals surface area (Å²) in [5.74, 6) is 0.0112. The fraction of sp³-hybridized carbons (Fsp3) is 0.600. The van der Waals surface area contributed by atoms with Crippen molar-refractivity contribution < 1.29 is 9.53 Å². The molecule has 110 valence electrons. The summed E-state index contributed by atoms with van der Waals surface area (Å²) in [6.07, 6.45) is 4.51. The first-order valence-corrected chi connectivity index (χ1v) is 7.28. The van der Waals surface area contributed by atoms with Crippen molar-refractivity contribution in [3.63, 3.8) is 0 Å². The average molecular weight is 277 g/mol. The second-order valence-electron chi connectivity index (χ2n) is 5.11. The molecule has 1 atom stereocenters. The maximum Gasteiger partial charge on any atom is 0.222 e. The van der Waals surface area contributed by atoms with Crippen LogP contribution in [0.5, 0.6) is 0 Å². The molecule has 5 heteroatoms. The lowest BCUT2D eigenvalue weighted by Gasteiger charge is -2.23. The molecule has 0 aromatic carbocycles. The number of ether oxygens (including phenoxy) is 1.